The lowest BCUT2D eigenvalue weighted by Crippen LogP contribution is -2.20. The van der Waals surface area contributed by atoms with E-state index in [4.69, 9.17) is 9.15 Å². The van der Waals surface area contributed by atoms with Crippen molar-refractivity contribution in [2.24, 2.45) is 0 Å². The number of hydrogen-bond acceptors (Lipinski definition) is 4. The van der Waals surface area contributed by atoms with E-state index in [0.29, 0.717) is 34.3 Å². The number of carbonyl (C=O) groups is 1. The van der Waals surface area contributed by atoms with Crippen LogP contribution in [0.15, 0.2) is 71.1 Å². The highest BCUT2D eigenvalue weighted by atomic mass is 16.5. The number of aromatic nitrogens is 1. The second kappa shape index (κ2) is 9.49. The van der Waals surface area contributed by atoms with Gasteiger partial charge in [-0.1, -0.05) is 49.1 Å². The molecule has 1 aromatic heterocycles. The molecule has 0 saturated heterocycles. The zero-order valence-corrected chi connectivity index (χ0v) is 18.8. The lowest BCUT2D eigenvalue weighted by atomic mass is 9.84. The third-order valence-corrected chi connectivity index (χ3v) is 6.30. The number of nitrogens with one attached hydrogen (secondary N) is 1. The first-order chi connectivity index (χ1) is 16.1. The van der Waals surface area contributed by atoms with E-state index < -0.39 is 0 Å². The minimum atomic E-state index is -0.215. The van der Waals surface area contributed by atoms with Crippen LogP contribution in [0, 0.1) is 6.92 Å². The fourth-order valence-corrected chi connectivity index (χ4v) is 4.44. The maximum absolute atomic E-state index is 12.4. The van der Waals surface area contributed by atoms with E-state index in [1.807, 2.05) is 61.5 Å². The Hall–Kier alpha value is -3.60. The van der Waals surface area contributed by atoms with E-state index in [1.165, 1.54) is 43.2 Å². The number of anilines is 1. The van der Waals surface area contributed by atoms with Crippen LogP contribution < -0.4 is 10.1 Å². The van der Waals surface area contributed by atoms with Gasteiger partial charge in [-0.2, -0.15) is 0 Å². The summed E-state index contributed by atoms with van der Waals surface area (Å²) < 4.78 is 11.6. The second-order valence-corrected chi connectivity index (χ2v) is 8.81. The number of aryl methyl sites for hydroxylation is 1. The molecule has 3 aromatic carbocycles. The molecule has 1 amide bonds. The summed E-state index contributed by atoms with van der Waals surface area (Å²) in [6.45, 7) is 2.00. The minimum Gasteiger partial charge on any atom is -0.484 e. The molecular weight excluding hydrogens is 412 g/mol. The van der Waals surface area contributed by atoms with Gasteiger partial charge in [-0.15, -0.1) is 0 Å². The summed E-state index contributed by atoms with van der Waals surface area (Å²) >= 11 is 0. The molecule has 1 heterocycles. The monoisotopic (exact) mass is 440 g/mol. The fraction of sp³-hybridized carbons (Fsp3) is 0.286. The van der Waals surface area contributed by atoms with E-state index in [0.717, 1.165) is 5.56 Å². The molecule has 1 N–H and O–H groups in total. The van der Waals surface area contributed by atoms with Crippen LogP contribution in [0.25, 0.3) is 22.6 Å². The van der Waals surface area contributed by atoms with Gasteiger partial charge in [0.25, 0.3) is 5.91 Å². The van der Waals surface area contributed by atoms with Crippen molar-refractivity contribution in [3.63, 3.8) is 0 Å². The summed E-state index contributed by atoms with van der Waals surface area (Å²) in [4.78, 5) is 17.0. The molecular formula is C28H28N2O3. The quantitative estimate of drug-likeness (QED) is 0.355. The molecule has 0 spiro atoms. The van der Waals surface area contributed by atoms with Crippen molar-refractivity contribution in [1.29, 1.82) is 0 Å². The van der Waals surface area contributed by atoms with Gasteiger partial charge in [0.2, 0.25) is 5.89 Å². The molecule has 168 valence electrons. The van der Waals surface area contributed by atoms with Gasteiger partial charge in [0.1, 0.15) is 11.3 Å². The number of ether oxygens (including phenoxy) is 1. The number of carbonyl (C=O) groups excluding carboxylic acids is 1. The normalized spacial score (nSPS) is 14.3. The van der Waals surface area contributed by atoms with Gasteiger partial charge in [0.15, 0.2) is 12.2 Å². The molecule has 5 rings (SSSR count). The molecule has 0 radical (unpaired) electrons. The first kappa shape index (κ1) is 21.3. The Morgan fingerprint density at radius 2 is 1.76 bits per heavy atom. The van der Waals surface area contributed by atoms with Gasteiger partial charge >= 0.3 is 0 Å². The van der Waals surface area contributed by atoms with Gasteiger partial charge in [-0.05, 0) is 73.7 Å². The molecule has 33 heavy (non-hydrogen) atoms. The van der Waals surface area contributed by atoms with Gasteiger partial charge in [-0.3, -0.25) is 4.79 Å². The van der Waals surface area contributed by atoms with Crippen LogP contribution in [0.5, 0.6) is 5.75 Å². The summed E-state index contributed by atoms with van der Waals surface area (Å²) in [5.41, 5.74) is 5.51. The van der Waals surface area contributed by atoms with Crippen LogP contribution >= 0.6 is 0 Å². The van der Waals surface area contributed by atoms with E-state index in [9.17, 15) is 4.79 Å². The van der Waals surface area contributed by atoms with E-state index >= 15 is 0 Å². The topological polar surface area (TPSA) is 64.4 Å². The van der Waals surface area contributed by atoms with Crippen LogP contribution in [-0.2, 0) is 4.79 Å². The van der Waals surface area contributed by atoms with Crippen molar-refractivity contribution >= 4 is 22.7 Å². The molecule has 5 nitrogen and oxygen atoms in total. The third kappa shape index (κ3) is 5.08. The van der Waals surface area contributed by atoms with Crippen molar-refractivity contribution in [2.75, 3.05) is 11.9 Å². The smallest absolute Gasteiger partial charge is 0.262 e. The van der Waals surface area contributed by atoms with Crippen molar-refractivity contribution in [3.05, 3.63) is 77.9 Å². The first-order valence-corrected chi connectivity index (χ1v) is 11.6. The predicted molar refractivity (Wildman–Crippen MR) is 131 cm³/mol. The maximum atomic E-state index is 12.4. The predicted octanol–water partition coefficient (Wildman–Crippen LogP) is 6.87. The van der Waals surface area contributed by atoms with Crippen LogP contribution in [0.2, 0.25) is 0 Å². The Morgan fingerprint density at radius 1 is 1.00 bits per heavy atom. The van der Waals surface area contributed by atoms with Gasteiger partial charge in [0.05, 0.1) is 0 Å². The highest BCUT2D eigenvalue weighted by Gasteiger charge is 2.15. The summed E-state index contributed by atoms with van der Waals surface area (Å²) in [6.07, 6.45) is 6.52. The molecule has 0 unspecified atom stereocenters. The Labute approximate surface area is 193 Å². The van der Waals surface area contributed by atoms with E-state index in [1.54, 1.807) is 0 Å². The highest BCUT2D eigenvalue weighted by Crippen LogP contribution is 2.33. The average molecular weight is 441 g/mol. The molecule has 1 saturated carbocycles. The standard InChI is InChI=1S/C28H28N2O3/c1-19-7-9-22(10-8-19)28-30-25-17-23(13-16-26(25)33-28)29-27(31)18-32-24-14-11-21(12-15-24)20-5-3-2-4-6-20/h7-17,20H,2-6,18H2,1H3,(H,29,31). The number of amides is 1. The molecule has 5 heteroatoms. The van der Waals surface area contributed by atoms with Gasteiger partial charge < -0.3 is 14.5 Å². The molecule has 0 bridgehead atoms. The van der Waals surface area contributed by atoms with Crippen molar-refractivity contribution in [2.45, 2.75) is 44.9 Å². The number of nitrogens with zero attached hydrogens (tertiary/aromatic N) is 1. The lowest BCUT2D eigenvalue weighted by Gasteiger charge is -2.22. The van der Waals surface area contributed by atoms with Crippen molar-refractivity contribution < 1.29 is 13.9 Å². The van der Waals surface area contributed by atoms with Gasteiger partial charge in [0, 0.05) is 11.3 Å². The lowest BCUT2D eigenvalue weighted by molar-refractivity contribution is -0.118. The molecule has 1 aliphatic carbocycles. The molecule has 4 aromatic rings. The van der Waals surface area contributed by atoms with Gasteiger partial charge in [-0.25, -0.2) is 4.98 Å². The number of hydrogen-bond donors (Lipinski definition) is 1. The van der Waals surface area contributed by atoms with E-state index in [-0.39, 0.29) is 12.5 Å². The summed E-state index contributed by atoms with van der Waals surface area (Å²) in [5.74, 6) is 1.72. The van der Waals surface area contributed by atoms with Crippen LogP contribution in [0.3, 0.4) is 0 Å². The van der Waals surface area contributed by atoms with Crippen LogP contribution in [-0.4, -0.2) is 17.5 Å². The summed E-state index contributed by atoms with van der Waals surface area (Å²) in [5, 5.41) is 2.88. The summed E-state index contributed by atoms with van der Waals surface area (Å²) in [6, 6.07) is 21.7. The first-order valence-electron chi connectivity index (χ1n) is 11.6. The Balaban J connectivity index is 1.19. The molecule has 0 aliphatic heterocycles. The SMILES string of the molecule is Cc1ccc(-c2nc3cc(NC(=O)COc4ccc(C5CCCCC5)cc4)ccc3o2)cc1. The van der Waals surface area contributed by atoms with Crippen molar-refractivity contribution in [1.82, 2.24) is 4.98 Å². The maximum Gasteiger partial charge on any atom is 0.262 e. The molecule has 1 fully saturated rings. The minimum absolute atomic E-state index is 0.0474. The summed E-state index contributed by atoms with van der Waals surface area (Å²) in [7, 11) is 0. The molecule has 0 atom stereocenters. The average Bonchev–Trinajstić information content (AvgIpc) is 3.27. The largest absolute Gasteiger partial charge is 0.484 e. The third-order valence-electron chi connectivity index (χ3n) is 6.30. The Kier molecular flexibility index (Phi) is 6.11. The number of rotatable bonds is 6. The van der Waals surface area contributed by atoms with Crippen LogP contribution in [0.4, 0.5) is 5.69 Å². The zero-order chi connectivity index (χ0) is 22.6. The number of benzene rings is 3. The van der Waals surface area contributed by atoms with E-state index in [2.05, 4.69) is 22.4 Å². The molecule has 1 aliphatic rings. The fourth-order valence-electron chi connectivity index (χ4n) is 4.44. The zero-order valence-electron chi connectivity index (χ0n) is 18.8. The number of oxazole rings is 1. The van der Waals surface area contributed by atoms with Crippen LogP contribution in [0.1, 0.15) is 49.1 Å². The Bertz CT molecular complexity index is 1240. The Morgan fingerprint density at radius 3 is 2.52 bits per heavy atom. The van der Waals surface area contributed by atoms with Crippen molar-refractivity contribution in [3.8, 4) is 17.2 Å². The number of fused-ring (bicyclic) bond motifs is 1. The highest BCUT2D eigenvalue weighted by molar-refractivity contribution is 5.94. The second-order valence-electron chi connectivity index (χ2n) is 8.81.